The van der Waals surface area contributed by atoms with Gasteiger partial charge in [-0.05, 0) is 27.4 Å². The van der Waals surface area contributed by atoms with Crippen LogP contribution in [0.4, 0.5) is 5.82 Å². The van der Waals surface area contributed by atoms with E-state index in [1.54, 1.807) is 11.4 Å². The lowest BCUT2D eigenvalue weighted by Crippen LogP contribution is -2.13. The molecule has 2 rings (SSSR count). The number of hydrogen-bond donors (Lipinski definition) is 1. The van der Waals surface area contributed by atoms with Gasteiger partial charge in [-0.25, -0.2) is 18.4 Å². The topological polar surface area (TPSA) is 72.0 Å². The van der Waals surface area contributed by atoms with Crippen molar-refractivity contribution in [1.29, 1.82) is 0 Å². The molecule has 9 heteroatoms. The van der Waals surface area contributed by atoms with Gasteiger partial charge in [-0.2, -0.15) is 0 Å². The molecule has 1 N–H and O–H groups in total. The Morgan fingerprint density at radius 3 is 2.65 bits per heavy atom. The first-order chi connectivity index (χ1) is 8.00. The fourth-order valence-electron chi connectivity index (χ4n) is 1.03. The van der Waals surface area contributed by atoms with Crippen LogP contribution in [-0.4, -0.2) is 18.4 Å². The minimum atomic E-state index is -3.69. The Morgan fingerprint density at radius 2 is 2.06 bits per heavy atom. The second-order valence-electron chi connectivity index (χ2n) is 2.86. The van der Waals surface area contributed by atoms with Gasteiger partial charge >= 0.3 is 0 Å². The van der Waals surface area contributed by atoms with E-state index in [0.717, 1.165) is 11.3 Å². The molecule has 0 bridgehead atoms. The minimum absolute atomic E-state index is 0.00348. The molecule has 0 fully saturated rings. The van der Waals surface area contributed by atoms with Crippen LogP contribution in [-0.2, 0) is 10.0 Å². The van der Waals surface area contributed by atoms with Crippen molar-refractivity contribution in [2.45, 2.75) is 4.21 Å². The van der Waals surface area contributed by atoms with E-state index in [0.29, 0.717) is 4.47 Å². The van der Waals surface area contributed by atoms with Crippen LogP contribution >= 0.6 is 38.9 Å². The summed E-state index contributed by atoms with van der Waals surface area (Å²) in [7, 11) is -3.69. The van der Waals surface area contributed by atoms with Gasteiger partial charge < -0.3 is 0 Å². The molecule has 0 aromatic carbocycles. The van der Waals surface area contributed by atoms with Gasteiger partial charge in [-0.3, -0.25) is 4.72 Å². The van der Waals surface area contributed by atoms with E-state index in [1.807, 2.05) is 0 Å². The summed E-state index contributed by atoms with van der Waals surface area (Å²) < 4.78 is 26.9. The minimum Gasteiger partial charge on any atom is -0.260 e. The molecule has 0 aliphatic rings. The zero-order chi connectivity index (χ0) is 12.5. The highest BCUT2D eigenvalue weighted by Gasteiger charge is 2.21. The molecule has 0 spiro atoms. The molecular weight excluding hydrogens is 350 g/mol. The number of aromatic nitrogens is 2. The molecular formula is C8H5BrClN3O2S2. The number of anilines is 1. The largest absolute Gasteiger partial charge is 0.273 e. The quantitative estimate of drug-likeness (QED) is 0.920. The molecule has 0 unspecified atom stereocenters. The first-order valence-electron chi connectivity index (χ1n) is 4.23. The Kier molecular flexibility index (Phi) is 3.67. The van der Waals surface area contributed by atoms with Crippen molar-refractivity contribution in [1.82, 2.24) is 9.97 Å². The van der Waals surface area contributed by atoms with Gasteiger partial charge in [0.2, 0.25) is 0 Å². The Morgan fingerprint density at radius 1 is 1.35 bits per heavy atom. The monoisotopic (exact) mass is 353 g/mol. The highest BCUT2D eigenvalue weighted by molar-refractivity contribution is 9.10. The van der Waals surface area contributed by atoms with Crippen LogP contribution in [0.1, 0.15) is 0 Å². The molecule has 5 nitrogen and oxygen atoms in total. The van der Waals surface area contributed by atoms with E-state index in [4.69, 9.17) is 11.6 Å². The fraction of sp³-hybridized carbons (Fsp3) is 0. The molecule has 0 saturated carbocycles. The summed E-state index contributed by atoms with van der Waals surface area (Å²) in [5.41, 5.74) is 0. The molecule has 0 saturated heterocycles. The van der Waals surface area contributed by atoms with Gasteiger partial charge in [0, 0.05) is 16.9 Å². The zero-order valence-corrected chi connectivity index (χ0v) is 12.1. The smallest absolute Gasteiger partial charge is 0.260 e. The zero-order valence-electron chi connectivity index (χ0n) is 8.09. The van der Waals surface area contributed by atoms with E-state index in [2.05, 4.69) is 30.6 Å². The van der Waals surface area contributed by atoms with E-state index in [-0.39, 0.29) is 15.2 Å². The molecule has 0 aliphatic heterocycles. The number of nitrogens with one attached hydrogen (secondary N) is 1. The van der Waals surface area contributed by atoms with Gasteiger partial charge in [0.15, 0.2) is 15.2 Å². The third-order valence-electron chi connectivity index (χ3n) is 1.71. The molecule has 0 amide bonds. The lowest BCUT2D eigenvalue weighted by molar-refractivity contribution is 0.602. The summed E-state index contributed by atoms with van der Waals surface area (Å²) in [6, 6.07) is 1.65. The van der Waals surface area contributed by atoms with Crippen LogP contribution in [0.5, 0.6) is 0 Å². The average Bonchev–Trinajstić information content (AvgIpc) is 2.68. The molecule has 90 valence electrons. The highest BCUT2D eigenvalue weighted by Crippen LogP contribution is 2.29. The Labute approximate surface area is 115 Å². The van der Waals surface area contributed by atoms with Crippen molar-refractivity contribution in [3.8, 4) is 0 Å². The molecule has 17 heavy (non-hydrogen) atoms. The van der Waals surface area contributed by atoms with Crippen molar-refractivity contribution in [2.24, 2.45) is 0 Å². The van der Waals surface area contributed by atoms with Gasteiger partial charge in [0.05, 0.1) is 0 Å². The number of halogens is 2. The van der Waals surface area contributed by atoms with Crippen LogP contribution in [0.2, 0.25) is 5.15 Å². The summed E-state index contributed by atoms with van der Waals surface area (Å²) in [5, 5.41) is 1.67. The maximum Gasteiger partial charge on any atom is 0.273 e. The lowest BCUT2D eigenvalue weighted by atomic mass is 10.7. The van der Waals surface area contributed by atoms with Crippen molar-refractivity contribution in [3.63, 3.8) is 0 Å². The molecule has 0 atom stereocenters. The molecule has 0 aliphatic carbocycles. The first kappa shape index (κ1) is 12.7. The van der Waals surface area contributed by atoms with Crippen molar-refractivity contribution < 1.29 is 8.42 Å². The van der Waals surface area contributed by atoms with Crippen molar-refractivity contribution >= 4 is 54.7 Å². The third kappa shape index (κ3) is 2.76. The molecule has 2 heterocycles. The van der Waals surface area contributed by atoms with E-state index in [1.165, 1.54) is 12.4 Å². The van der Waals surface area contributed by atoms with E-state index >= 15 is 0 Å². The number of thiophene rings is 1. The van der Waals surface area contributed by atoms with Crippen LogP contribution in [0, 0.1) is 0 Å². The first-order valence-corrected chi connectivity index (χ1v) is 7.76. The summed E-state index contributed by atoms with van der Waals surface area (Å²) >= 11 is 9.97. The Bertz CT molecular complexity index is 644. The summed E-state index contributed by atoms with van der Waals surface area (Å²) in [6.07, 6.45) is 2.73. The second kappa shape index (κ2) is 4.89. The summed E-state index contributed by atoms with van der Waals surface area (Å²) in [5.74, 6) is 0.00877. The average molecular weight is 355 g/mol. The van der Waals surface area contributed by atoms with Crippen molar-refractivity contribution in [2.75, 3.05) is 4.72 Å². The predicted octanol–water partition coefficient (Wildman–Crippen LogP) is 2.75. The van der Waals surface area contributed by atoms with Crippen LogP contribution in [0.15, 0.2) is 32.5 Å². The number of nitrogens with zero attached hydrogens (tertiary/aromatic N) is 2. The second-order valence-corrected chi connectivity index (χ2v) is 6.86. The van der Waals surface area contributed by atoms with Crippen LogP contribution < -0.4 is 4.72 Å². The molecule has 2 aromatic rings. The van der Waals surface area contributed by atoms with Gasteiger partial charge in [-0.15, -0.1) is 11.3 Å². The number of hydrogen-bond acceptors (Lipinski definition) is 5. The van der Waals surface area contributed by atoms with Gasteiger partial charge in [0.25, 0.3) is 10.0 Å². The number of sulfonamides is 1. The van der Waals surface area contributed by atoms with Gasteiger partial charge in [-0.1, -0.05) is 11.6 Å². The summed E-state index contributed by atoms with van der Waals surface area (Å²) in [6.45, 7) is 0. The molecule has 2 aromatic heterocycles. The third-order valence-corrected chi connectivity index (χ3v) is 6.00. The SMILES string of the molecule is O=S(=O)(Nc1nccnc1Cl)c1sccc1Br. The maximum atomic E-state index is 12.0. The van der Waals surface area contributed by atoms with Gasteiger partial charge in [0.1, 0.15) is 0 Å². The van der Waals surface area contributed by atoms with E-state index < -0.39 is 10.0 Å². The number of rotatable bonds is 3. The highest BCUT2D eigenvalue weighted by atomic mass is 79.9. The standard InChI is InChI=1S/C8H5BrClN3O2S2/c9-5-1-4-16-8(5)17(14,15)13-7-6(10)11-2-3-12-7/h1-4H,(H,12,13). The van der Waals surface area contributed by atoms with Crippen LogP contribution in [0.25, 0.3) is 0 Å². The summed E-state index contributed by atoms with van der Waals surface area (Å²) in [4.78, 5) is 7.54. The van der Waals surface area contributed by atoms with Crippen LogP contribution in [0.3, 0.4) is 0 Å². The van der Waals surface area contributed by atoms with E-state index in [9.17, 15) is 8.42 Å². The van der Waals surface area contributed by atoms with Crippen molar-refractivity contribution in [3.05, 3.63) is 33.5 Å². The Balaban J connectivity index is 2.37. The lowest BCUT2D eigenvalue weighted by Gasteiger charge is -2.06. The normalized spacial score (nSPS) is 11.4. The maximum absolute atomic E-state index is 12.0. The predicted molar refractivity (Wildman–Crippen MR) is 69.9 cm³/mol. The fourth-order valence-corrected chi connectivity index (χ4v) is 4.60. The molecule has 0 radical (unpaired) electrons. The Hall–Kier alpha value is -0.700.